The van der Waals surface area contributed by atoms with Crippen LogP contribution < -0.4 is 24.7 Å². The van der Waals surface area contributed by atoms with Gasteiger partial charge in [0.2, 0.25) is 0 Å². The number of rotatable bonds is 8. The number of Topliss-reactive ketones (excluding diaryl/α,β-unsaturated/α-hetero) is 1. The van der Waals surface area contributed by atoms with E-state index in [9.17, 15) is 9.59 Å². The van der Waals surface area contributed by atoms with E-state index in [2.05, 4.69) is 34.2 Å². The highest BCUT2D eigenvalue weighted by Crippen LogP contribution is 2.42. The highest BCUT2D eigenvalue weighted by molar-refractivity contribution is 6.30. The van der Waals surface area contributed by atoms with Gasteiger partial charge in [0, 0.05) is 40.6 Å². The Kier molecular flexibility index (Phi) is 8.31. The molecule has 3 aromatic carbocycles. The van der Waals surface area contributed by atoms with E-state index in [4.69, 9.17) is 21.1 Å². The van der Waals surface area contributed by atoms with Gasteiger partial charge in [-0.1, -0.05) is 25.4 Å². The average Bonchev–Trinajstić information content (AvgIpc) is 2.96. The summed E-state index contributed by atoms with van der Waals surface area (Å²) in [6.07, 6.45) is 2.92. The van der Waals surface area contributed by atoms with Crippen LogP contribution >= 0.6 is 11.6 Å². The molecule has 0 atom stereocenters. The Morgan fingerprint density at radius 2 is 1.63 bits per heavy atom. The maximum absolute atomic E-state index is 13.2. The number of benzene rings is 3. The molecule has 0 unspecified atom stereocenters. The maximum atomic E-state index is 13.2. The minimum Gasteiger partial charge on any atom is -0.497 e. The number of allylic oxidation sites excluding steroid dienone is 1. The van der Waals surface area contributed by atoms with E-state index in [0.717, 1.165) is 40.4 Å². The van der Waals surface area contributed by atoms with E-state index in [-0.39, 0.29) is 23.7 Å². The number of carbonyl (C=O) groups excluding carboxylic acids is 2. The number of ketones is 1. The summed E-state index contributed by atoms with van der Waals surface area (Å²) < 4.78 is 10.8. The monoisotopic (exact) mass is 572 g/mol. The first-order valence-corrected chi connectivity index (χ1v) is 13.8. The van der Waals surface area contributed by atoms with Crippen molar-refractivity contribution < 1.29 is 19.1 Å². The molecule has 2 aliphatic rings. The zero-order valence-electron chi connectivity index (χ0n) is 23.4. The lowest BCUT2D eigenvalue weighted by Crippen LogP contribution is -2.48. The molecule has 9 heteroatoms. The number of amides is 1. The summed E-state index contributed by atoms with van der Waals surface area (Å²) in [7, 11) is 1.60. The Balaban J connectivity index is 1.23. The summed E-state index contributed by atoms with van der Waals surface area (Å²) in [6, 6.07) is 22.6. The fraction of sp³-hybridized carbons (Fsp3) is 0.281. The van der Waals surface area contributed by atoms with Crippen LogP contribution in [0.5, 0.6) is 11.5 Å². The average molecular weight is 573 g/mol. The van der Waals surface area contributed by atoms with Gasteiger partial charge in [-0.05, 0) is 90.2 Å². The zero-order valence-corrected chi connectivity index (χ0v) is 24.1. The molecule has 8 nitrogen and oxygen atoms in total. The van der Waals surface area contributed by atoms with E-state index in [1.807, 2.05) is 72.8 Å². The number of anilines is 2. The van der Waals surface area contributed by atoms with Gasteiger partial charge in [0.15, 0.2) is 12.4 Å². The highest BCUT2D eigenvalue weighted by atomic mass is 35.5. The van der Waals surface area contributed by atoms with Gasteiger partial charge in [-0.25, -0.2) is 5.43 Å². The van der Waals surface area contributed by atoms with E-state index in [1.165, 1.54) is 0 Å². The van der Waals surface area contributed by atoms with Gasteiger partial charge in [-0.3, -0.25) is 9.59 Å². The Labute approximate surface area is 245 Å². The van der Waals surface area contributed by atoms with Gasteiger partial charge in [-0.15, -0.1) is 0 Å². The van der Waals surface area contributed by atoms with Crippen LogP contribution in [-0.4, -0.2) is 44.8 Å². The van der Waals surface area contributed by atoms with E-state index < -0.39 is 0 Å². The standard InChI is InChI=1S/C32H33ClN4O4/c1-32(2)16-29-28(30(38)17-32)19-36(21-37(29)25-8-6-23(33)7-9-25)24-10-14-27(15-11-24)41-20-31(39)35-34-18-22-4-12-26(40-3)13-5-22/h4-15,18H,16-17,19-21H2,1-3H3,(H,35,39)/b34-18+. The number of hydrogen-bond donors (Lipinski definition) is 1. The third-order valence-corrected chi connectivity index (χ3v) is 7.44. The van der Waals surface area contributed by atoms with E-state index >= 15 is 0 Å². The third kappa shape index (κ3) is 6.89. The third-order valence-electron chi connectivity index (χ3n) is 7.19. The van der Waals surface area contributed by atoms with Crippen LogP contribution in [0.15, 0.2) is 89.2 Å². The molecule has 3 aromatic rings. The second-order valence-corrected chi connectivity index (χ2v) is 11.4. The lowest BCUT2D eigenvalue weighted by molar-refractivity contribution is -0.123. The van der Waals surface area contributed by atoms with Crippen molar-refractivity contribution in [1.29, 1.82) is 0 Å². The number of hydrazone groups is 1. The molecule has 1 aliphatic carbocycles. The van der Waals surface area contributed by atoms with Crippen molar-refractivity contribution in [3.05, 3.63) is 94.7 Å². The number of carbonyl (C=O) groups is 2. The summed E-state index contributed by atoms with van der Waals surface area (Å²) in [4.78, 5) is 29.8. The van der Waals surface area contributed by atoms with Crippen LogP contribution in [0.3, 0.4) is 0 Å². The minimum absolute atomic E-state index is 0.0883. The molecule has 5 rings (SSSR count). The molecule has 0 saturated carbocycles. The van der Waals surface area contributed by atoms with Crippen LogP contribution in [0.4, 0.5) is 11.4 Å². The summed E-state index contributed by atoms with van der Waals surface area (Å²) in [5.74, 6) is 1.13. The molecule has 0 aromatic heterocycles. The first kappa shape index (κ1) is 28.2. The Bertz CT molecular complexity index is 1470. The molecule has 1 aliphatic heterocycles. The number of nitrogens with zero attached hydrogens (tertiary/aromatic N) is 3. The molecule has 1 amide bonds. The number of halogens is 1. The predicted molar refractivity (Wildman–Crippen MR) is 162 cm³/mol. The molecular weight excluding hydrogens is 540 g/mol. The SMILES string of the molecule is COc1ccc(/C=N/NC(=O)COc2ccc(N3CC4=C(CC(C)(C)CC4=O)N(c4ccc(Cl)cc4)C3)cc2)cc1. The minimum atomic E-state index is -0.369. The first-order chi connectivity index (χ1) is 19.7. The first-order valence-electron chi connectivity index (χ1n) is 13.4. The maximum Gasteiger partial charge on any atom is 0.277 e. The molecule has 0 bridgehead atoms. The second-order valence-electron chi connectivity index (χ2n) is 11.0. The molecule has 0 saturated heterocycles. The van der Waals surface area contributed by atoms with Crippen LogP contribution in [-0.2, 0) is 9.59 Å². The van der Waals surface area contributed by atoms with Gasteiger partial charge in [-0.2, -0.15) is 5.10 Å². The quantitative estimate of drug-likeness (QED) is 0.271. The predicted octanol–water partition coefficient (Wildman–Crippen LogP) is 5.81. The molecule has 1 heterocycles. The van der Waals surface area contributed by atoms with Gasteiger partial charge in [0.05, 0.1) is 20.0 Å². The molecular formula is C32H33ClN4O4. The zero-order chi connectivity index (χ0) is 29.0. The number of hydrogen-bond acceptors (Lipinski definition) is 7. The Hall–Kier alpha value is -4.30. The summed E-state index contributed by atoms with van der Waals surface area (Å²) in [5.41, 5.74) is 7.11. The normalized spacial score (nSPS) is 16.5. The summed E-state index contributed by atoms with van der Waals surface area (Å²) >= 11 is 6.16. The Morgan fingerprint density at radius 3 is 2.32 bits per heavy atom. The number of methoxy groups -OCH3 is 1. The molecule has 0 radical (unpaired) electrons. The van der Waals surface area contributed by atoms with Crippen LogP contribution in [0, 0.1) is 5.41 Å². The fourth-order valence-corrected chi connectivity index (χ4v) is 5.22. The lowest BCUT2D eigenvalue weighted by atomic mass is 9.74. The van der Waals surface area contributed by atoms with Crippen LogP contribution in [0.1, 0.15) is 32.3 Å². The Morgan fingerprint density at radius 1 is 0.976 bits per heavy atom. The van der Waals surface area contributed by atoms with Gasteiger partial charge in [0.25, 0.3) is 5.91 Å². The van der Waals surface area contributed by atoms with Gasteiger partial charge >= 0.3 is 0 Å². The van der Waals surface area contributed by atoms with Crippen molar-refractivity contribution >= 4 is 40.9 Å². The van der Waals surface area contributed by atoms with Gasteiger partial charge < -0.3 is 19.3 Å². The smallest absolute Gasteiger partial charge is 0.277 e. The molecule has 212 valence electrons. The van der Waals surface area contributed by atoms with Crippen molar-refractivity contribution in [2.45, 2.75) is 26.7 Å². The second kappa shape index (κ2) is 12.1. The van der Waals surface area contributed by atoms with Crippen LogP contribution in [0.2, 0.25) is 5.02 Å². The molecule has 0 fully saturated rings. The summed E-state index contributed by atoms with van der Waals surface area (Å²) in [5, 5.41) is 4.65. The van der Waals surface area contributed by atoms with E-state index in [1.54, 1.807) is 13.3 Å². The summed E-state index contributed by atoms with van der Waals surface area (Å²) in [6.45, 7) is 5.26. The van der Waals surface area contributed by atoms with Crippen LogP contribution in [0.25, 0.3) is 0 Å². The molecule has 41 heavy (non-hydrogen) atoms. The molecule has 1 N–H and O–H groups in total. The van der Waals surface area contributed by atoms with Crippen molar-refractivity contribution in [2.24, 2.45) is 10.5 Å². The molecule has 0 spiro atoms. The number of ether oxygens (including phenoxy) is 2. The highest BCUT2D eigenvalue weighted by Gasteiger charge is 2.39. The van der Waals surface area contributed by atoms with E-state index in [0.29, 0.717) is 30.4 Å². The fourth-order valence-electron chi connectivity index (χ4n) is 5.09. The lowest BCUT2D eigenvalue weighted by Gasteiger charge is -2.45. The topological polar surface area (TPSA) is 83.5 Å². The van der Waals surface area contributed by atoms with Crippen molar-refractivity contribution in [3.8, 4) is 11.5 Å². The van der Waals surface area contributed by atoms with Crippen molar-refractivity contribution in [3.63, 3.8) is 0 Å². The number of nitrogens with one attached hydrogen (secondary N) is 1. The van der Waals surface area contributed by atoms with Crippen molar-refractivity contribution in [1.82, 2.24) is 5.43 Å². The van der Waals surface area contributed by atoms with Gasteiger partial charge in [0.1, 0.15) is 11.5 Å². The van der Waals surface area contributed by atoms with Crippen molar-refractivity contribution in [2.75, 3.05) is 36.7 Å². The largest absolute Gasteiger partial charge is 0.497 e.